The minimum Gasteiger partial charge on any atom is -0.458 e. The van der Waals surface area contributed by atoms with Crippen molar-refractivity contribution in [1.82, 2.24) is 16.0 Å². The second kappa shape index (κ2) is 13.1. The Kier molecular flexibility index (Phi) is 9.39. The molecule has 214 valence electrons. The molecule has 0 saturated carbocycles. The lowest BCUT2D eigenvalue weighted by atomic mass is 9.98. The number of benzene rings is 3. The third-order valence-electron chi connectivity index (χ3n) is 6.49. The molecule has 1 aliphatic carbocycles. The van der Waals surface area contributed by atoms with E-state index in [-0.39, 0.29) is 32.0 Å². The molecule has 1 atom stereocenters. The molecule has 0 heterocycles. The van der Waals surface area contributed by atoms with Gasteiger partial charge in [0.05, 0.1) is 6.54 Å². The number of carbonyl (C=O) groups is 4. The fraction of sp³-hybridized carbons (Fsp3) is 0.312. The van der Waals surface area contributed by atoms with Crippen molar-refractivity contribution in [3.8, 4) is 11.1 Å². The highest BCUT2D eigenvalue weighted by Crippen LogP contribution is 2.44. The Morgan fingerprint density at radius 2 is 1.32 bits per heavy atom. The molecule has 1 aliphatic rings. The molecule has 3 aromatic carbocycles. The van der Waals surface area contributed by atoms with Gasteiger partial charge in [0.25, 0.3) is 0 Å². The zero-order chi connectivity index (χ0) is 29.4. The minimum atomic E-state index is -0.931. The predicted molar refractivity (Wildman–Crippen MR) is 154 cm³/mol. The lowest BCUT2D eigenvalue weighted by molar-refractivity contribution is -0.158. The van der Waals surface area contributed by atoms with Gasteiger partial charge in [0.15, 0.2) is 0 Å². The Hall–Kier alpha value is -4.66. The minimum absolute atomic E-state index is 0.0977. The Labute approximate surface area is 239 Å². The average Bonchev–Trinajstić information content (AvgIpc) is 3.26. The molecule has 3 amide bonds. The van der Waals surface area contributed by atoms with Gasteiger partial charge in [-0.05, 0) is 48.6 Å². The Balaban J connectivity index is 1.23. The predicted octanol–water partition coefficient (Wildman–Crippen LogP) is 3.71. The van der Waals surface area contributed by atoms with Crippen molar-refractivity contribution in [2.45, 2.75) is 44.8 Å². The second-order valence-electron chi connectivity index (χ2n) is 10.8. The van der Waals surface area contributed by atoms with Gasteiger partial charge in [0, 0.05) is 12.3 Å². The van der Waals surface area contributed by atoms with Crippen LogP contribution >= 0.6 is 0 Å². The van der Waals surface area contributed by atoms with Crippen molar-refractivity contribution in [2.75, 3.05) is 19.7 Å². The molecule has 0 fully saturated rings. The number of amides is 3. The zero-order valence-electron chi connectivity index (χ0n) is 23.4. The molecule has 4 rings (SSSR count). The molecule has 0 aromatic heterocycles. The Morgan fingerprint density at radius 1 is 0.756 bits per heavy atom. The van der Waals surface area contributed by atoms with Crippen molar-refractivity contribution in [3.63, 3.8) is 0 Å². The van der Waals surface area contributed by atoms with Crippen LogP contribution < -0.4 is 16.0 Å². The number of ether oxygens (including phenoxy) is 2. The van der Waals surface area contributed by atoms with Gasteiger partial charge in [0.2, 0.25) is 11.8 Å². The number of hydrogen-bond donors (Lipinski definition) is 3. The molecule has 41 heavy (non-hydrogen) atoms. The molecule has 9 heteroatoms. The number of hydrogen-bond acceptors (Lipinski definition) is 6. The van der Waals surface area contributed by atoms with E-state index in [9.17, 15) is 19.2 Å². The second-order valence-corrected chi connectivity index (χ2v) is 10.8. The SMILES string of the molecule is CC(C)(C)OC(=O)[C@@H](Cc1ccccc1)NC(=O)CNC(=O)CNC(=O)OCC1c2ccccc2-c2ccccc21. The molecule has 9 nitrogen and oxygen atoms in total. The molecule has 0 radical (unpaired) electrons. The summed E-state index contributed by atoms with van der Waals surface area (Å²) in [6.07, 6.45) is -0.502. The van der Waals surface area contributed by atoms with E-state index in [2.05, 4.69) is 16.0 Å². The highest BCUT2D eigenvalue weighted by Gasteiger charge is 2.29. The standard InChI is InChI=1S/C32H35N3O6/c1-32(2,3)41-30(38)27(17-21-11-5-4-6-12-21)35-29(37)19-33-28(36)18-34-31(39)40-20-26-24-15-9-7-13-22(24)23-14-8-10-16-25(23)26/h4-16,26-27H,17-20H2,1-3H3,(H,33,36)(H,34,39)(H,35,37)/t27-/m1/s1. The van der Waals surface area contributed by atoms with E-state index in [1.165, 1.54) is 0 Å². The normalized spacial score (nSPS) is 12.9. The molecule has 0 aliphatic heterocycles. The van der Waals surface area contributed by atoms with Crippen LogP contribution in [0.2, 0.25) is 0 Å². The van der Waals surface area contributed by atoms with Crippen LogP contribution in [0.1, 0.15) is 43.4 Å². The maximum atomic E-state index is 12.7. The van der Waals surface area contributed by atoms with Gasteiger partial charge in [-0.1, -0.05) is 78.9 Å². The number of carbonyl (C=O) groups excluding carboxylic acids is 4. The van der Waals surface area contributed by atoms with Crippen LogP contribution in [0.4, 0.5) is 4.79 Å². The maximum absolute atomic E-state index is 12.7. The summed E-state index contributed by atoms with van der Waals surface area (Å²) in [5.74, 6) is -1.81. The van der Waals surface area contributed by atoms with E-state index >= 15 is 0 Å². The molecule has 0 unspecified atom stereocenters. The van der Waals surface area contributed by atoms with Gasteiger partial charge in [-0.2, -0.15) is 0 Å². The van der Waals surface area contributed by atoms with E-state index in [4.69, 9.17) is 9.47 Å². The van der Waals surface area contributed by atoms with Crippen molar-refractivity contribution in [3.05, 3.63) is 95.6 Å². The summed E-state index contributed by atoms with van der Waals surface area (Å²) in [6, 6.07) is 24.3. The fourth-order valence-electron chi connectivity index (χ4n) is 4.70. The summed E-state index contributed by atoms with van der Waals surface area (Å²) in [6.45, 7) is 4.61. The highest BCUT2D eigenvalue weighted by molar-refractivity contribution is 5.89. The first-order chi connectivity index (χ1) is 19.6. The molecule has 0 spiro atoms. The highest BCUT2D eigenvalue weighted by atomic mass is 16.6. The van der Waals surface area contributed by atoms with Crippen LogP contribution in [-0.2, 0) is 30.3 Å². The van der Waals surface area contributed by atoms with E-state index in [0.29, 0.717) is 0 Å². The number of nitrogens with one attached hydrogen (secondary N) is 3. The summed E-state index contributed by atoms with van der Waals surface area (Å²) in [5.41, 5.74) is 4.53. The maximum Gasteiger partial charge on any atom is 0.407 e. The molecular formula is C32H35N3O6. The van der Waals surface area contributed by atoms with Crippen LogP contribution in [0.5, 0.6) is 0 Å². The molecule has 3 N–H and O–H groups in total. The van der Waals surface area contributed by atoms with E-state index < -0.39 is 35.5 Å². The quantitative estimate of drug-likeness (QED) is 0.327. The first-order valence-electron chi connectivity index (χ1n) is 13.5. The lowest BCUT2D eigenvalue weighted by Gasteiger charge is -2.24. The number of fused-ring (bicyclic) bond motifs is 3. The monoisotopic (exact) mass is 557 g/mol. The largest absolute Gasteiger partial charge is 0.458 e. The molecule has 0 bridgehead atoms. The van der Waals surface area contributed by atoms with Crippen molar-refractivity contribution < 1.29 is 28.7 Å². The van der Waals surface area contributed by atoms with Gasteiger partial charge in [0.1, 0.15) is 24.8 Å². The Bertz CT molecular complexity index is 1350. The van der Waals surface area contributed by atoms with Crippen LogP contribution in [0.15, 0.2) is 78.9 Å². The van der Waals surface area contributed by atoms with Crippen molar-refractivity contribution in [1.29, 1.82) is 0 Å². The smallest absolute Gasteiger partial charge is 0.407 e. The average molecular weight is 558 g/mol. The fourth-order valence-corrected chi connectivity index (χ4v) is 4.70. The third-order valence-corrected chi connectivity index (χ3v) is 6.49. The van der Waals surface area contributed by atoms with Crippen molar-refractivity contribution >= 4 is 23.9 Å². The molecular weight excluding hydrogens is 522 g/mol. The number of esters is 1. The Morgan fingerprint density at radius 3 is 1.93 bits per heavy atom. The summed E-state index contributed by atoms with van der Waals surface area (Å²) in [5, 5.41) is 7.50. The summed E-state index contributed by atoms with van der Waals surface area (Å²) >= 11 is 0. The summed E-state index contributed by atoms with van der Waals surface area (Å²) in [7, 11) is 0. The van der Waals surface area contributed by atoms with Gasteiger partial charge >= 0.3 is 12.1 Å². The van der Waals surface area contributed by atoms with Gasteiger partial charge in [-0.25, -0.2) is 9.59 Å². The van der Waals surface area contributed by atoms with Crippen LogP contribution in [0.3, 0.4) is 0 Å². The number of rotatable bonds is 10. The molecule has 3 aromatic rings. The van der Waals surface area contributed by atoms with Crippen molar-refractivity contribution in [2.24, 2.45) is 0 Å². The first-order valence-corrected chi connectivity index (χ1v) is 13.5. The molecule has 0 saturated heterocycles. The van der Waals surface area contributed by atoms with E-state index in [1.54, 1.807) is 20.8 Å². The van der Waals surface area contributed by atoms with Crippen LogP contribution in [0.25, 0.3) is 11.1 Å². The lowest BCUT2D eigenvalue weighted by Crippen LogP contribution is -2.49. The number of alkyl carbamates (subject to hydrolysis) is 1. The summed E-state index contributed by atoms with van der Waals surface area (Å²) < 4.78 is 10.9. The van der Waals surface area contributed by atoms with E-state index in [0.717, 1.165) is 27.8 Å². The van der Waals surface area contributed by atoms with Crippen LogP contribution in [-0.4, -0.2) is 55.2 Å². The first kappa shape index (κ1) is 29.3. The van der Waals surface area contributed by atoms with Crippen LogP contribution in [0, 0.1) is 0 Å². The van der Waals surface area contributed by atoms with Gasteiger partial charge in [-0.3, -0.25) is 9.59 Å². The zero-order valence-corrected chi connectivity index (χ0v) is 23.4. The van der Waals surface area contributed by atoms with Gasteiger partial charge in [-0.15, -0.1) is 0 Å². The summed E-state index contributed by atoms with van der Waals surface area (Å²) in [4.78, 5) is 49.9. The van der Waals surface area contributed by atoms with Gasteiger partial charge < -0.3 is 25.4 Å². The third kappa shape index (κ3) is 8.17. The topological polar surface area (TPSA) is 123 Å². The van der Waals surface area contributed by atoms with E-state index in [1.807, 2.05) is 78.9 Å².